The highest BCUT2D eigenvalue weighted by Crippen LogP contribution is 2.24. The van der Waals surface area contributed by atoms with Crippen LogP contribution in [0.4, 0.5) is 5.69 Å². The maximum Gasteiger partial charge on any atom is 0.120 e. The first kappa shape index (κ1) is 13.4. The quantitative estimate of drug-likeness (QED) is 0.781. The van der Waals surface area contributed by atoms with Crippen molar-refractivity contribution in [3.05, 3.63) is 18.2 Å². The molecule has 18 heavy (non-hydrogen) atoms. The van der Waals surface area contributed by atoms with Crippen molar-refractivity contribution in [2.24, 2.45) is 0 Å². The Morgan fingerprint density at radius 1 is 1.17 bits per heavy atom. The third-order valence-corrected chi connectivity index (χ3v) is 5.33. The van der Waals surface area contributed by atoms with Crippen LogP contribution < -0.4 is 14.8 Å². The molecule has 0 amide bonds. The number of rotatable bonds is 3. The Labute approximate surface area is 111 Å². The van der Waals surface area contributed by atoms with Crippen LogP contribution >= 0.6 is 0 Å². The van der Waals surface area contributed by atoms with Crippen LogP contribution in [0.5, 0.6) is 5.75 Å². The normalized spacial score (nSPS) is 16.8. The Morgan fingerprint density at radius 3 is 2.39 bits per heavy atom. The molecule has 0 spiro atoms. The lowest BCUT2D eigenvalue weighted by Crippen LogP contribution is -2.46. The largest absolute Gasteiger partial charge is 0.497 e. The maximum absolute atomic E-state index is 5.58. The summed E-state index contributed by atoms with van der Waals surface area (Å²) < 4.78 is 11.0. The molecule has 1 heterocycles. The van der Waals surface area contributed by atoms with Gasteiger partial charge in [-0.2, -0.15) is 0 Å². The number of anilines is 1. The Kier molecular flexibility index (Phi) is 3.97. The lowest BCUT2D eigenvalue weighted by Gasteiger charge is -2.34. The summed E-state index contributed by atoms with van der Waals surface area (Å²) in [4.78, 5) is 2.43. The van der Waals surface area contributed by atoms with Gasteiger partial charge in [-0.25, -0.2) is 0 Å². The Balaban J connectivity index is 2.45. The summed E-state index contributed by atoms with van der Waals surface area (Å²) in [7, 11) is 0.331. The van der Waals surface area contributed by atoms with Gasteiger partial charge < -0.3 is 14.4 Å². The topological polar surface area (TPSA) is 21.7 Å². The van der Waals surface area contributed by atoms with Gasteiger partial charge in [0.1, 0.15) is 5.75 Å². The van der Waals surface area contributed by atoms with Crippen LogP contribution in [0.2, 0.25) is 19.6 Å². The number of hydrogen-bond donors (Lipinski definition) is 0. The van der Waals surface area contributed by atoms with Crippen molar-refractivity contribution in [3.63, 3.8) is 0 Å². The molecule has 4 heteroatoms. The van der Waals surface area contributed by atoms with Gasteiger partial charge in [0.15, 0.2) is 0 Å². The summed E-state index contributed by atoms with van der Waals surface area (Å²) in [5, 5.41) is 1.43. The molecule has 2 rings (SSSR count). The second-order valence-electron chi connectivity index (χ2n) is 5.70. The van der Waals surface area contributed by atoms with E-state index in [9.17, 15) is 0 Å². The Hall–Kier alpha value is -1.00. The van der Waals surface area contributed by atoms with E-state index in [0.717, 1.165) is 32.1 Å². The second kappa shape index (κ2) is 5.32. The molecule has 0 N–H and O–H groups in total. The zero-order valence-corrected chi connectivity index (χ0v) is 12.8. The van der Waals surface area contributed by atoms with Crippen LogP contribution in [0.1, 0.15) is 0 Å². The molecule has 1 saturated heterocycles. The van der Waals surface area contributed by atoms with E-state index in [1.165, 1.54) is 10.9 Å². The molecule has 1 aliphatic heterocycles. The summed E-state index contributed by atoms with van der Waals surface area (Å²) >= 11 is 0. The smallest absolute Gasteiger partial charge is 0.120 e. The predicted molar refractivity (Wildman–Crippen MR) is 79.0 cm³/mol. The van der Waals surface area contributed by atoms with Crippen molar-refractivity contribution >= 4 is 18.9 Å². The van der Waals surface area contributed by atoms with E-state index in [4.69, 9.17) is 9.47 Å². The van der Waals surface area contributed by atoms with Crippen LogP contribution in [0.25, 0.3) is 0 Å². The first-order chi connectivity index (χ1) is 8.54. The molecule has 100 valence electrons. The van der Waals surface area contributed by atoms with Crippen molar-refractivity contribution in [1.82, 2.24) is 0 Å². The van der Waals surface area contributed by atoms with Crippen LogP contribution in [-0.4, -0.2) is 41.5 Å². The predicted octanol–water partition coefficient (Wildman–Crippen LogP) is 2.08. The highest BCUT2D eigenvalue weighted by molar-refractivity contribution is 6.90. The number of benzene rings is 1. The minimum absolute atomic E-state index is 0.822. The van der Waals surface area contributed by atoms with Crippen molar-refractivity contribution < 1.29 is 9.47 Å². The Morgan fingerprint density at radius 2 is 1.83 bits per heavy atom. The maximum atomic E-state index is 5.58. The third kappa shape index (κ3) is 2.70. The van der Waals surface area contributed by atoms with Crippen LogP contribution in [-0.2, 0) is 4.74 Å². The average molecular weight is 265 g/mol. The fourth-order valence-electron chi connectivity index (χ4n) is 2.51. The molecular weight excluding hydrogens is 242 g/mol. The molecule has 0 unspecified atom stereocenters. The second-order valence-corrected chi connectivity index (χ2v) is 10.7. The molecule has 3 nitrogen and oxygen atoms in total. The zero-order chi connectivity index (χ0) is 13.2. The number of ether oxygens (including phenoxy) is 2. The van der Waals surface area contributed by atoms with E-state index < -0.39 is 8.07 Å². The summed E-state index contributed by atoms with van der Waals surface area (Å²) in [6.45, 7) is 10.7. The standard InChI is InChI=1S/C14H23NO2Si/c1-16-13-7-5-6-12(14(13)18(2,3)4)15-8-10-17-11-9-15/h5-7H,8-11H2,1-4H3. The van der Waals surface area contributed by atoms with Gasteiger partial charge in [0, 0.05) is 24.0 Å². The third-order valence-electron chi connectivity index (χ3n) is 3.33. The molecule has 1 aromatic rings. The van der Waals surface area contributed by atoms with E-state index in [2.05, 4.69) is 42.7 Å². The van der Waals surface area contributed by atoms with Gasteiger partial charge in [-0.15, -0.1) is 0 Å². The fraction of sp³-hybridized carbons (Fsp3) is 0.571. The number of hydrogen-bond acceptors (Lipinski definition) is 3. The van der Waals surface area contributed by atoms with E-state index in [1.807, 2.05) is 0 Å². The van der Waals surface area contributed by atoms with Crippen LogP contribution in [0.15, 0.2) is 18.2 Å². The van der Waals surface area contributed by atoms with Gasteiger partial charge in [0.25, 0.3) is 0 Å². The van der Waals surface area contributed by atoms with Crippen LogP contribution in [0, 0.1) is 0 Å². The average Bonchev–Trinajstić information content (AvgIpc) is 2.38. The lowest BCUT2D eigenvalue weighted by atomic mass is 10.2. The molecule has 0 radical (unpaired) electrons. The molecule has 1 aliphatic rings. The molecule has 0 bridgehead atoms. The van der Waals surface area contributed by atoms with E-state index in [0.29, 0.717) is 0 Å². The van der Waals surface area contributed by atoms with Crippen molar-refractivity contribution in [3.8, 4) is 5.75 Å². The molecule has 0 atom stereocenters. The van der Waals surface area contributed by atoms with Crippen molar-refractivity contribution in [1.29, 1.82) is 0 Å². The van der Waals surface area contributed by atoms with Crippen molar-refractivity contribution in [2.45, 2.75) is 19.6 Å². The summed E-state index contributed by atoms with van der Waals surface area (Å²) in [6.07, 6.45) is 0. The van der Waals surface area contributed by atoms with E-state index in [1.54, 1.807) is 7.11 Å². The van der Waals surface area contributed by atoms with Gasteiger partial charge in [-0.1, -0.05) is 25.7 Å². The van der Waals surface area contributed by atoms with E-state index >= 15 is 0 Å². The summed E-state index contributed by atoms with van der Waals surface area (Å²) in [5.74, 6) is 1.04. The SMILES string of the molecule is COc1cccc(N2CCOCC2)c1[Si](C)(C)C. The van der Waals surface area contributed by atoms with Gasteiger partial charge in [0.05, 0.1) is 28.4 Å². The fourth-order valence-corrected chi connectivity index (χ4v) is 4.45. The minimum atomic E-state index is -1.43. The highest BCUT2D eigenvalue weighted by atomic mass is 28.3. The minimum Gasteiger partial charge on any atom is -0.497 e. The monoisotopic (exact) mass is 265 g/mol. The van der Waals surface area contributed by atoms with Gasteiger partial charge in [-0.3, -0.25) is 0 Å². The molecular formula is C14H23NO2Si. The molecule has 0 saturated carbocycles. The van der Waals surface area contributed by atoms with Gasteiger partial charge in [0.2, 0.25) is 0 Å². The highest BCUT2D eigenvalue weighted by Gasteiger charge is 2.27. The van der Waals surface area contributed by atoms with Gasteiger partial charge >= 0.3 is 0 Å². The number of methoxy groups -OCH3 is 1. The first-order valence-corrected chi connectivity index (χ1v) is 10.0. The van der Waals surface area contributed by atoms with Gasteiger partial charge in [-0.05, 0) is 12.1 Å². The zero-order valence-electron chi connectivity index (χ0n) is 11.8. The summed E-state index contributed by atoms with van der Waals surface area (Å²) in [5.41, 5.74) is 1.34. The number of morpholine rings is 1. The molecule has 1 fully saturated rings. The lowest BCUT2D eigenvalue weighted by molar-refractivity contribution is 0.123. The summed E-state index contributed by atoms with van der Waals surface area (Å²) in [6, 6.07) is 6.40. The first-order valence-electron chi connectivity index (χ1n) is 6.54. The number of nitrogens with zero attached hydrogens (tertiary/aromatic N) is 1. The molecule has 1 aromatic carbocycles. The van der Waals surface area contributed by atoms with Crippen LogP contribution in [0.3, 0.4) is 0 Å². The molecule has 0 aliphatic carbocycles. The molecule has 0 aromatic heterocycles. The van der Waals surface area contributed by atoms with E-state index in [-0.39, 0.29) is 0 Å². The Bertz CT molecular complexity index is 409. The van der Waals surface area contributed by atoms with Crippen molar-refractivity contribution in [2.75, 3.05) is 38.3 Å².